The second-order valence-electron chi connectivity index (χ2n) is 4.59. The van der Waals surface area contributed by atoms with Crippen LogP contribution in [0.4, 0.5) is 5.69 Å². The van der Waals surface area contributed by atoms with Crippen molar-refractivity contribution in [1.82, 2.24) is 9.78 Å². The normalized spacial score (nSPS) is 10.4. The number of hydrogen-bond donors (Lipinski definition) is 2. The van der Waals surface area contributed by atoms with E-state index in [-0.39, 0.29) is 5.91 Å². The maximum absolute atomic E-state index is 12.3. The van der Waals surface area contributed by atoms with Crippen LogP contribution in [0.5, 0.6) is 5.75 Å². The molecule has 0 aliphatic heterocycles. The van der Waals surface area contributed by atoms with E-state index in [0.717, 1.165) is 12.1 Å². The van der Waals surface area contributed by atoms with E-state index < -0.39 is 0 Å². The van der Waals surface area contributed by atoms with Crippen LogP contribution >= 0.6 is 0 Å². The Kier molecular flexibility index (Phi) is 4.94. The van der Waals surface area contributed by atoms with Gasteiger partial charge in [0.05, 0.1) is 11.4 Å². The predicted octanol–water partition coefficient (Wildman–Crippen LogP) is 1.57. The molecule has 0 aliphatic rings. The lowest BCUT2D eigenvalue weighted by Gasteiger charge is -2.11. The monoisotopic (exact) mass is 288 g/mol. The summed E-state index contributed by atoms with van der Waals surface area (Å²) in [7, 11) is 1.75. The topological polar surface area (TPSA) is 82.2 Å². The Labute approximate surface area is 123 Å². The molecule has 0 unspecified atom stereocenters. The smallest absolute Gasteiger partial charge is 0.274 e. The fourth-order valence-corrected chi connectivity index (χ4v) is 1.96. The van der Waals surface area contributed by atoms with Crippen molar-refractivity contribution in [3.05, 3.63) is 41.7 Å². The Bertz CT molecular complexity index is 622. The van der Waals surface area contributed by atoms with Gasteiger partial charge in [0, 0.05) is 13.6 Å². The molecule has 6 heteroatoms. The third-order valence-electron chi connectivity index (χ3n) is 3.04. The Morgan fingerprint density at radius 3 is 2.86 bits per heavy atom. The van der Waals surface area contributed by atoms with E-state index in [1.54, 1.807) is 29.9 Å². The first-order chi connectivity index (χ1) is 10.2. The van der Waals surface area contributed by atoms with E-state index in [1.807, 2.05) is 19.1 Å². The van der Waals surface area contributed by atoms with Gasteiger partial charge in [-0.2, -0.15) is 5.10 Å². The molecular weight excluding hydrogens is 268 g/mol. The highest BCUT2D eigenvalue weighted by Gasteiger charge is 2.14. The van der Waals surface area contributed by atoms with E-state index >= 15 is 0 Å². The molecule has 2 aromatic rings. The number of nitrogens with zero attached hydrogens (tertiary/aromatic N) is 2. The number of rotatable bonds is 6. The van der Waals surface area contributed by atoms with Crippen molar-refractivity contribution in [3.8, 4) is 5.75 Å². The van der Waals surface area contributed by atoms with Gasteiger partial charge in [0.15, 0.2) is 0 Å². The molecule has 0 saturated carbocycles. The van der Waals surface area contributed by atoms with Crippen LogP contribution in [0.15, 0.2) is 30.3 Å². The van der Waals surface area contributed by atoms with Gasteiger partial charge in [-0.25, -0.2) is 0 Å². The van der Waals surface area contributed by atoms with Crippen molar-refractivity contribution in [2.75, 3.05) is 18.5 Å². The number of ether oxygens (including phenoxy) is 1. The second kappa shape index (κ2) is 6.90. The molecule has 0 atom stereocenters. The highest BCUT2D eigenvalue weighted by Crippen LogP contribution is 2.24. The second-order valence-corrected chi connectivity index (χ2v) is 4.59. The highest BCUT2D eigenvalue weighted by atomic mass is 16.5. The van der Waals surface area contributed by atoms with Crippen molar-refractivity contribution in [3.63, 3.8) is 0 Å². The quantitative estimate of drug-likeness (QED) is 0.845. The van der Waals surface area contributed by atoms with Gasteiger partial charge >= 0.3 is 0 Å². The molecule has 0 radical (unpaired) electrons. The fourth-order valence-electron chi connectivity index (χ4n) is 1.96. The molecule has 0 saturated heterocycles. The Balaban J connectivity index is 2.17. The predicted molar refractivity (Wildman–Crippen MR) is 81.5 cm³/mol. The molecule has 0 spiro atoms. The summed E-state index contributed by atoms with van der Waals surface area (Å²) in [5.74, 6) is 0.391. The lowest BCUT2D eigenvalue weighted by Crippen LogP contribution is -2.17. The number of carbonyl (C=O) groups is 1. The maximum atomic E-state index is 12.3. The molecular formula is C15H20N4O2. The minimum Gasteiger partial charge on any atom is -0.490 e. The molecule has 112 valence electrons. The van der Waals surface area contributed by atoms with Crippen LogP contribution < -0.4 is 15.8 Å². The third kappa shape index (κ3) is 3.61. The zero-order valence-corrected chi connectivity index (χ0v) is 12.3. The molecule has 1 heterocycles. The first-order valence-corrected chi connectivity index (χ1v) is 6.91. The van der Waals surface area contributed by atoms with Crippen molar-refractivity contribution < 1.29 is 9.53 Å². The zero-order valence-electron chi connectivity index (χ0n) is 12.3. The summed E-state index contributed by atoms with van der Waals surface area (Å²) >= 11 is 0. The fraction of sp³-hybridized carbons (Fsp3) is 0.333. The largest absolute Gasteiger partial charge is 0.490 e. The minimum atomic E-state index is -0.214. The summed E-state index contributed by atoms with van der Waals surface area (Å²) in [6, 6.07) is 9.07. The van der Waals surface area contributed by atoms with E-state index in [9.17, 15) is 4.79 Å². The number of hydrogen-bond acceptors (Lipinski definition) is 4. The van der Waals surface area contributed by atoms with Crippen molar-refractivity contribution >= 4 is 11.6 Å². The van der Waals surface area contributed by atoms with Gasteiger partial charge in [0.1, 0.15) is 18.1 Å². The van der Waals surface area contributed by atoms with E-state index in [1.165, 1.54) is 0 Å². The van der Waals surface area contributed by atoms with Crippen molar-refractivity contribution in [2.24, 2.45) is 12.8 Å². The Morgan fingerprint density at radius 2 is 2.19 bits per heavy atom. The van der Waals surface area contributed by atoms with Crippen LogP contribution in [0.1, 0.15) is 23.1 Å². The lowest BCUT2D eigenvalue weighted by molar-refractivity contribution is 0.101. The summed E-state index contributed by atoms with van der Waals surface area (Å²) in [6.07, 6.45) is 0.789. The number of anilines is 1. The summed E-state index contributed by atoms with van der Waals surface area (Å²) in [4.78, 5) is 12.3. The van der Waals surface area contributed by atoms with Gasteiger partial charge in [-0.05, 0) is 24.6 Å². The molecule has 1 aromatic carbocycles. The zero-order chi connectivity index (χ0) is 15.2. The van der Waals surface area contributed by atoms with Crippen LogP contribution in [-0.2, 0) is 13.5 Å². The molecule has 1 amide bonds. The van der Waals surface area contributed by atoms with Crippen LogP contribution in [0.3, 0.4) is 0 Å². The standard InChI is InChI=1S/C15H20N4O2/c1-3-11-10-13(19(2)18-11)15(20)17-12-6-4-5-7-14(12)21-9-8-16/h4-7,10H,3,8-9,16H2,1-2H3,(H,17,20). The number of benzene rings is 1. The number of nitrogens with two attached hydrogens (primary N) is 1. The number of nitrogens with one attached hydrogen (secondary N) is 1. The molecule has 0 fully saturated rings. The van der Waals surface area contributed by atoms with Crippen LogP contribution in [-0.4, -0.2) is 28.8 Å². The number of carbonyl (C=O) groups excluding carboxylic acids is 1. The molecule has 21 heavy (non-hydrogen) atoms. The van der Waals surface area contributed by atoms with Gasteiger partial charge in [0.25, 0.3) is 5.91 Å². The Morgan fingerprint density at radius 1 is 1.43 bits per heavy atom. The average Bonchev–Trinajstić information content (AvgIpc) is 2.87. The van der Waals surface area contributed by atoms with Crippen molar-refractivity contribution in [2.45, 2.75) is 13.3 Å². The molecule has 3 N–H and O–H groups in total. The van der Waals surface area contributed by atoms with Gasteiger partial charge in [0.2, 0.25) is 0 Å². The first-order valence-electron chi connectivity index (χ1n) is 6.91. The first kappa shape index (κ1) is 15.1. The van der Waals surface area contributed by atoms with Crippen molar-refractivity contribution in [1.29, 1.82) is 0 Å². The van der Waals surface area contributed by atoms with Crippen LogP contribution in [0.25, 0.3) is 0 Å². The van der Waals surface area contributed by atoms with E-state index in [2.05, 4.69) is 10.4 Å². The molecule has 2 rings (SSSR count). The summed E-state index contributed by atoms with van der Waals surface area (Å²) < 4.78 is 7.10. The molecule has 0 aliphatic carbocycles. The lowest BCUT2D eigenvalue weighted by atomic mass is 10.2. The van der Waals surface area contributed by atoms with Gasteiger partial charge < -0.3 is 15.8 Å². The molecule has 1 aromatic heterocycles. The summed E-state index contributed by atoms with van der Waals surface area (Å²) in [5.41, 5.74) is 7.45. The number of aryl methyl sites for hydroxylation is 2. The molecule has 6 nitrogen and oxygen atoms in total. The van der Waals surface area contributed by atoms with Gasteiger partial charge in [-0.1, -0.05) is 19.1 Å². The summed E-state index contributed by atoms with van der Waals surface area (Å²) in [6.45, 7) is 2.82. The number of aromatic nitrogens is 2. The van der Waals surface area contributed by atoms with E-state index in [0.29, 0.717) is 30.3 Å². The number of para-hydroxylation sites is 2. The highest BCUT2D eigenvalue weighted by molar-refractivity contribution is 6.03. The minimum absolute atomic E-state index is 0.214. The SMILES string of the molecule is CCc1cc(C(=O)Nc2ccccc2OCCN)n(C)n1. The van der Waals surface area contributed by atoms with Gasteiger partial charge in [-0.3, -0.25) is 9.48 Å². The van der Waals surface area contributed by atoms with Crippen LogP contribution in [0, 0.1) is 0 Å². The molecule has 0 bridgehead atoms. The average molecular weight is 288 g/mol. The maximum Gasteiger partial charge on any atom is 0.274 e. The third-order valence-corrected chi connectivity index (χ3v) is 3.04. The van der Waals surface area contributed by atoms with E-state index in [4.69, 9.17) is 10.5 Å². The van der Waals surface area contributed by atoms with Crippen LogP contribution in [0.2, 0.25) is 0 Å². The number of amides is 1. The summed E-state index contributed by atoms with van der Waals surface area (Å²) in [5, 5.41) is 7.12. The Hall–Kier alpha value is -2.34. The van der Waals surface area contributed by atoms with Gasteiger partial charge in [-0.15, -0.1) is 0 Å².